The molecule has 0 spiro atoms. The second kappa shape index (κ2) is 15.6. The molecule has 2 rings (SSSR count). The molecule has 0 radical (unpaired) electrons. The molecule has 33 heavy (non-hydrogen) atoms. The highest BCUT2D eigenvalue weighted by Gasteiger charge is 2.27. The molecule has 0 saturated carbocycles. The average molecular weight is 457 g/mol. The van der Waals surface area contributed by atoms with Gasteiger partial charge in [0.2, 0.25) is 0 Å². The van der Waals surface area contributed by atoms with Crippen LogP contribution in [-0.4, -0.2) is 58.8 Å². The molecule has 0 aliphatic rings. The maximum atomic E-state index is 11.3. The van der Waals surface area contributed by atoms with Crippen molar-refractivity contribution in [3.05, 3.63) is 71.8 Å². The Kier molecular flexibility index (Phi) is 13.6. The Morgan fingerprint density at radius 1 is 0.788 bits per heavy atom. The summed E-state index contributed by atoms with van der Waals surface area (Å²) in [5, 5.41) is 18.7. The topological polar surface area (TPSA) is 64.0 Å². The minimum absolute atomic E-state index is 0.154. The van der Waals surface area contributed by atoms with Crippen LogP contribution in [0.4, 0.5) is 0 Å². The Morgan fingerprint density at radius 2 is 1.21 bits per heavy atom. The van der Waals surface area contributed by atoms with Crippen molar-refractivity contribution >= 4 is 5.97 Å². The molecule has 0 fully saturated rings. The third-order valence-corrected chi connectivity index (χ3v) is 6.51. The molecule has 5 nitrogen and oxygen atoms in total. The maximum absolute atomic E-state index is 11.3. The van der Waals surface area contributed by atoms with Gasteiger partial charge in [0.05, 0.1) is 6.61 Å². The maximum Gasteiger partial charge on any atom is 0.321 e. The Balaban J connectivity index is 0.000000331. The number of carbonyl (C=O) groups is 1. The van der Waals surface area contributed by atoms with E-state index in [0.29, 0.717) is 12.5 Å². The monoisotopic (exact) mass is 456 g/mol. The minimum atomic E-state index is -0.738. The zero-order valence-corrected chi connectivity index (χ0v) is 21.3. The second-order valence-corrected chi connectivity index (χ2v) is 9.11. The predicted octanol–water partition coefficient (Wildman–Crippen LogP) is 5.14. The molecule has 2 aromatic carbocycles. The third-order valence-electron chi connectivity index (χ3n) is 6.51. The molecule has 0 aromatic heterocycles. The molecule has 2 aromatic rings. The SMILES string of the molecule is CC[C@H](C)[C@@H](C(=O)O)N(C)Cc1ccccc1.CC[C@H](C)[C@@H](CO)N(C)Cc1ccccc1. The van der Waals surface area contributed by atoms with Crippen LogP contribution in [0, 0.1) is 11.8 Å². The van der Waals surface area contributed by atoms with Crippen molar-refractivity contribution in [3.8, 4) is 0 Å². The molecule has 0 aliphatic heterocycles. The van der Waals surface area contributed by atoms with Crippen molar-refractivity contribution in [1.82, 2.24) is 9.80 Å². The van der Waals surface area contributed by atoms with Crippen LogP contribution in [-0.2, 0) is 17.9 Å². The Labute approximate surface area is 201 Å². The number of carboxylic acids is 1. The largest absolute Gasteiger partial charge is 0.480 e. The zero-order valence-electron chi connectivity index (χ0n) is 21.3. The highest BCUT2D eigenvalue weighted by molar-refractivity contribution is 5.73. The molecule has 0 saturated heterocycles. The van der Waals surface area contributed by atoms with Gasteiger partial charge < -0.3 is 10.2 Å². The van der Waals surface area contributed by atoms with Gasteiger partial charge in [0, 0.05) is 19.1 Å². The zero-order chi connectivity index (χ0) is 24.8. The highest BCUT2D eigenvalue weighted by Crippen LogP contribution is 2.17. The van der Waals surface area contributed by atoms with Crippen molar-refractivity contribution in [2.24, 2.45) is 11.8 Å². The molecule has 2 N–H and O–H groups in total. The lowest BCUT2D eigenvalue weighted by Gasteiger charge is -2.31. The van der Waals surface area contributed by atoms with E-state index in [4.69, 9.17) is 0 Å². The van der Waals surface area contributed by atoms with E-state index in [0.717, 1.165) is 24.9 Å². The van der Waals surface area contributed by atoms with Gasteiger partial charge in [-0.25, -0.2) is 0 Å². The number of aliphatic hydroxyl groups is 1. The van der Waals surface area contributed by atoms with E-state index in [2.05, 4.69) is 50.1 Å². The number of nitrogens with zero attached hydrogens (tertiary/aromatic N) is 2. The summed E-state index contributed by atoms with van der Waals surface area (Å²) >= 11 is 0. The molecular formula is C28H44N2O3. The van der Waals surface area contributed by atoms with Crippen molar-refractivity contribution in [2.45, 2.75) is 65.7 Å². The van der Waals surface area contributed by atoms with Crippen molar-refractivity contribution in [3.63, 3.8) is 0 Å². The number of rotatable bonds is 12. The lowest BCUT2D eigenvalue weighted by atomic mass is 9.97. The van der Waals surface area contributed by atoms with Crippen molar-refractivity contribution < 1.29 is 15.0 Å². The Hall–Kier alpha value is -2.21. The molecule has 0 heterocycles. The number of benzene rings is 2. The van der Waals surface area contributed by atoms with E-state index in [1.54, 1.807) is 0 Å². The molecule has 0 amide bonds. The Morgan fingerprint density at radius 3 is 1.58 bits per heavy atom. The summed E-state index contributed by atoms with van der Waals surface area (Å²) < 4.78 is 0. The fourth-order valence-corrected chi connectivity index (χ4v) is 4.07. The standard InChI is InChI=1S/C14H21NO2.C14H23NO/c1-4-11(2)13(14(16)17)15(3)10-12-8-6-5-7-9-12;1-4-12(2)14(11-16)15(3)10-13-8-6-5-7-9-13/h5-9,11,13H,4,10H2,1-3H3,(H,16,17);5-9,12,14,16H,4,10-11H2,1-3H3/t11-,13-;12-,14+/m00/s1. The molecule has 5 heteroatoms. The first-order valence-corrected chi connectivity index (χ1v) is 12.1. The number of aliphatic hydroxyl groups excluding tert-OH is 1. The van der Waals surface area contributed by atoms with Gasteiger partial charge in [-0.2, -0.15) is 0 Å². The average Bonchev–Trinajstić information content (AvgIpc) is 2.80. The van der Waals surface area contributed by atoms with Crippen LogP contribution in [0.5, 0.6) is 0 Å². The third kappa shape index (κ3) is 10.1. The normalized spacial score (nSPS) is 14.8. The fraction of sp³-hybridized carbons (Fsp3) is 0.536. The number of aliphatic carboxylic acids is 1. The van der Waals surface area contributed by atoms with Crippen LogP contribution in [0.25, 0.3) is 0 Å². The predicted molar refractivity (Wildman–Crippen MR) is 137 cm³/mol. The first kappa shape index (κ1) is 28.8. The smallest absolute Gasteiger partial charge is 0.321 e. The highest BCUT2D eigenvalue weighted by atomic mass is 16.4. The molecule has 0 unspecified atom stereocenters. The molecular weight excluding hydrogens is 412 g/mol. The number of likely N-dealkylation sites (N-methyl/N-ethyl adjacent to an activating group) is 2. The number of carboxylic acid groups (broad SMARTS) is 1. The van der Waals surface area contributed by atoms with Crippen LogP contribution in [0.1, 0.15) is 51.7 Å². The lowest BCUT2D eigenvalue weighted by molar-refractivity contribution is -0.145. The van der Waals surface area contributed by atoms with Gasteiger partial charge in [0.25, 0.3) is 0 Å². The van der Waals surface area contributed by atoms with E-state index in [-0.39, 0.29) is 18.6 Å². The molecule has 0 aliphatic carbocycles. The van der Waals surface area contributed by atoms with Gasteiger partial charge in [-0.3, -0.25) is 14.6 Å². The summed E-state index contributed by atoms with van der Waals surface area (Å²) in [5.41, 5.74) is 2.44. The molecule has 4 atom stereocenters. The van der Waals surface area contributed by atoms with Crippen LogP contribution in [0.3, 0.4) is 0 Å². The van der Waals surface area contributed by atoms with Gasteiger partial charge in [0.15, 0.2) is 0 Å². The molecule has 184 valence electrons. The summed E-state index contributed by atoms with van der Waals surface area (Å²) in [6, 6.07) is 20.2. The van der Waals surface area contributed by atoms with Gasteiger partial charge in [-0.1, -0.05) is 101 Å². The Bertz CT molecular complexity index is 769. The van der Waals surface area contributed by atoms with Gasteiger partial charge >= 0.3 is 5.97 Å². The summed E-state index contributed by atoms with van der Waals surface area (Å²) in [6.07, 6.45) is 1.97. The minimum Gasteiger partial charge on any atom is -0.480 e. The second-order valence-electron chi connectivity index (χ2n) is 9.11. The summed E-state index contributed by atoms with van der Waals surface area (Å²) in [7, 11) is 3.96. The first-order valence-electron chi connectivity index (χ1n) is 12.1. The van der Waals surface area contributed by atoms with E-state index in [1.165, 1.54) is 5.56 Å². The van der Waals surface area contributed by atoms with Gasteiger partial charge in [-0.15, -0.1) is 0 Å². The van der Waals surface area contributed by atoms with Crippen LogP contribution in [0.15, 0.2) is 60.7 Å². The van der Waals surface area contributed by atoms with E-state index < -0.39 is 12.0 Å². The number of hydrogen-bond acceptors (Lipinski definition) is 4. The summed E-state index contributed by atoms with van der Waals surface area (Å²) in [6.45, 7) is 10.2. The first-order chi connectivity index (χ1) is 15.7. The summed E-state index contributed by atoms with van der Waals surface area (Å²) in [5.74, 6) is -0.0577. The van der Waals surface area contributed by atoms with Crippen molar-refractivity contribution in [1.29, 1.82) is 0 Å². The lowest BCUT2D eigenvalue weighted by Crippen LogP contribution is -2.42. The summed E-state index contributed by atoms with van der Waals surface area (Å²) in [4.78, 5) is 15.4. The number of hydrogen-bond donors (Lipinski definition) is 2. The van der Waals surface area contributed by atoms with E-state index in [9.17, 15) is 15.0 Å². The van der Waals surface area contributed by atoms with Gasteiger partial charge in [-0.05, 0) is 37.1 Å². The van der Waals surface area contributed by atoms with Gasteiger partial charge in [0.1, 0.15) is 6.04 Å². The van der Waals surface area contributed by atoms with Crippen molar-refractivity contribution in [2.75, 3.05) is 20.7 Å². The quantitative estimate of drug-likeness (QED) is 0.463. The van der Waals surface area contributed by atoms with Crippen LogP contribution >= 0.6 is 0 Å². The van der Waals surface area contributed by atoms with Crippen LogP contribution in [0.2, 0.25) is 0 Å². The van der Waals surface area contributed by atoms with E-state index >= 15 is 0 Å². The van der Waals surface area contributed by atoms with E-state index in [1.807, 2.05) is 62.2 Å². The molecule has 0 bridgehead atoms. The fourth-order valence-electron chi connectivity index (χ4n) is 4.07. The van der Waals surface area contributed by atoms with Crippen LogP contribution < -0.4 is 0 Å².